The Kier molecular flexibility index (Phi) is 5.16. The molecule has 0 aliphatic carbocycles. The molecule has 2 aromatic carbocycles. The van der Waals surface area contributed by atoms with Gasteiger partial charge in [0.2, 0.25) is 0 Å². The molecule has 1 heterocycles. The number of halogens is 1. The van der Waals surface area contributed by atoms with Crippen molar-refractivity contribution in [2.75, 3.05) is 13.2 Å². The van der Waals surface area contributed by atoms with Gasteiger partial charge in [-0.15, -0.1) is 0 Å². The summed E-state index contributed by atoms with van der Waals surface area (Å²) in [4.78, 5) is 4.66. The molecule has 4 nitrogen and oxygen atoms in total. The SMILES string of the molecule is OCCCc1nc2ccccc2n1CCOc1ccccc1Cl. The maximum atomic E-state index is 9.07. The summed E-state index contributed by atoms with van der Waals surface area (Å²) in [5.41, 5.74) is 2.06. The van der Waals surface area contributed by atoms with Crippen LogP contribution in [-0.4, -0.2) is 27.9 Å². The van der Waals surface area contributed by atoms with E-state index in [1.165, 1.54) is 0 Å². The van der Waals surface area contributed by atoms with Crippen LogP contribution >= 0.6 is 11.6 Å². The molecule has 0 bridgehead atoms. The van der Waals surface area contributed by atoms with Crippen molar-refractivity contribution in [2.24, 2.45) is 0 Å². The Labute approximate surface area is 140 Å². The van der Waals surface area contributed by atoms with Gasteiger partial charge in [-0.05, 0) is 30.7 Å². The van der Waals surface area contributed by atoms with E-state index in [0.29, 0.717) is 30.3 Å². The highest BCUT2D eigenvalue weighted by Gasteiger charge is 2.10. The van der Waals surface area contributed by atoms with Crippen LogP contribution in [0.5, 0.6) is 5.75 Å². The van der Waals surface area contributed by atoms with Crippen LogP contribution in [0.15, 0.2) is 48.5 Å². The molecule has 0 amide bonds. The lowest BCUT2D eigenvalue weighted by molar-refractivity contribution is 0.283. The standard InChI is InChI=1S/C18H19ClN2O2/c19-14-6-1-4-9-17(14)23-13-11-21-16-8-3-2-7-15(16)20-18(21)10-5-12-22/h1-4,6-9,22H,5,10-13H2. The molecule has 0 fully saturated rings. The molecule has 5 heteroatoms. The molecular formula is C18H19ClN2O2. The second-order valence-corrected chi connectivity index (χ2v) is 5.68. The number of ether oxygens (including phenoxy) is 1. The van der Waals surface area contributed by atoms with E-state index in [2.05, 4.69) is 15.6 Å². The molecular weight excluding hydrogens is 312 g/mol. The molecule has 1 aromatic heterocycles. The summed E-state index contributed by atoms with van der Waals surface area (Å²) < 4.78 is 7.94. The fraction of sp³-hybridized carbons (Fsp3) is 0.278. The molecule has 1 N–H and O–H groups in total. The van der Waals surface area contributed by atoms with Gasteiger partial charge in [-0.3, -0.25) is 0 Å². The molecule has 3 rings (SSSR count). The maximum absolute atomic E-state index is 9.07. The summed E-state index contributed by atoms with van der Waals surface area (Å²) in [5.74, 6) is 1.67. The smallest absolute Gasteiger partial charge is 0.137 e. The number of hydrogen-bond acceptors (Lipinski definition) is 3. The summed E-state index contributed by atoms with van der Waals surface area (Å²) >= 11 is 6.11. The summed E-state index contributed by atoms with van der Waals surface area (Å²) in [7, 11) is 0. The third kappa shape index (κ3) is 3.66. The average Bonchev–Trinajstić information content (AvgIpc) is 2.92. The summed E-state index contributed by atoms with van der Waals surface area (Å²) in [6.07, 6.45) is 1.45. The number of benzene rings is 2. The zero-order chi connectivity index (χ0) is 16.1. The third-order valence-corrected chi connectivity index (χ3v) is 4.01. The zero-order valence-electron chi connectivity index (χ0n) is 12.8. The number of aromatic nitrogens is 2. The highest BCUT2D eigenvalue weighted by Crippen LogP contribution is 2.23. The Hall–Kier alpha value is -2.04. The van der Waals surface area contributed by atoms with Crippen molar-refractivity contribution in [3.8, 4) is 5.75 Å². The van der Waals surface area contributed by atoms with Gasteiger partial charge in [0, 0.05) is 13.0 Å². The number of imidazole rings is 1. The van der Waals surface area contributed by atoms with Gasteiger partial charge in [0.25, 0.3) is 0 Å². The first-order valence-corrected chi connectivity index (χ1v) is 8.09. The Morgan fingerprint density at radius 2 is 1.87 bits per heavy atom. The molecule has 0 aliphatic heterocycles. The number of rotatable bonds is 7. The Morgan fingerprint density at radius 1 is 1.09 bits per heavy atom. The molecule has 23 heavy (non-hydrogen) atoms. The predicted molar refractivity (Wildman–Crippen MR) is 92.1 cm³/mol. The number of aryl methyl sites for hydroxylation is 1. The van der Waals surface area contributed by atoms with Crippen molar-refractivity contribution in [1.82, 2.24) is 9.55 Å². The first kappa shape index (κ1) is 15.8. The van der Waals surface area contributed by atoms with Crippen LogP contribution in [0.3, 0.4) is 0 Å². The summed E-state index contributed by atoms with van der Waals surface area (Å²) in [6.45, 7) is 1.36. The molecule has 0 spiro atoms. The van der Waals surface area contributed by atoms with Gasteiger partial charge in [0.1, 0.15) is 18.2 Å². The number of hydrogen-bond donors (Lipinski definition) is 1. The molecule has 3 aromatic rings. The number of aliphatic hydroxyl groups excluding tert-OH is 1. The lowest BCUT2D eigenvalue weighted by Crippen LogP contribution is -2.11. The quantitative estimate of drug-likeness (QED) is 0.718. The number of aliphatic hydroxyl groups is 1. The maximum Gasteiger partial charge on any atom is 0.137 e. The van der Waals surface area contributed by atoms with E-state index in [4.69, 9.17) is 21.4 Å². The van der Waals surface area contributed by atoms with E-state index in [1.807, 2.05) is 42.5 Å². The fourth-order valence-corrected chi connectivity index (χ4v) is 2.80. The molecule has 0 saturated carbocycles. The van der Waals surface area contributed by atoms with E-state index in [9.17, 15) is 0 Å². The first-order chi connectivity index (χ1) is 11.3. The molecule has 120 valence electrons. The van der Waals surface area contributed by atoms with Crippen LogP contribution in [0.4, 0.5) is 0 Å². The van der Waals surface area contributed by atoms with Crippen LogP contribution in [-0.2, 0) is 13.0 Å². The van der Waals surface area contributed by atoms with E-state index < -0.39 is 0 Å². The lowest BCUT2D eigenvalue weighted by Gasteiger charge is -2.11. The highest BCUT2D eigenvalue weighted by atomic mass is 35.5. The summed E-state index contributed by atoms with van der Waals surface area (Å²) in [6, 6.07) is 15.5. The second kappa shape index (κ2) is 7.49. The number of fused-ring (bicyclic) bond motifs is 1. The Balaban J connectivity index is 1.77. The van der Waals surface area contributed by atoms with E-state index in [1.54, 1.807) is 0 Å². The van der Waals surface area contributed by atoms with Crippen LogP contribution in [0.1, 0.15) is 12.2 Å². The Bertz CT molecular complexity index is 786. The lowest BCUT2D eigenvalue weighted by atomic mass is 10.3. The first-order valence-electron chi connectivity index (χ1n) is 7.72. The van der Waals surface area contributed by atoms with Gasteiger partial charge in [0.15, 0.2) is 0 Å². The van der Waals surface area contributed by atoms with Crippen LogP contribution in [0.2, 0.25) is 5.02 Å². The third-order valence-electron chi connectivity index (χ3n) is 3.70. The van der Waals surface area contributed by atoms with Crippen molar-refractivity contribution in [3.63, 3.8) is 0 Å². The number of para-hydroxylation sites is 3. The van der Waals surface area contributed by atoms with Crippen molar-refractivity contribution < 1.29 is 9.84 Å². The number of nitrogens with zero attached hydrogens (tertiary/aromatic N) is 2. The van der Waals surface area contributed by atoms with Crippen molar-refractivity contribution in [3.05, 3.63) is 59.4 Å². The monoisotopic (exact) mass is 330 g/mol. The fourth-order valence-electron chi connectivity index (χ4n) is 2.61. The van der Waals surface area contributed by atoms with E-state index in [0.717, 1.165) is 23.3 Å². The van der Waals surface area contributed by atoms with Gasteiger partial charge in [0.05, 0.1) is 22.6 Å². The molecule has 0 atom stereocenters. The minimum atomic E-state index is 0.166. The summed E-state index contributed by atoms with van der Waals surface area (Å²) in [5, 5.41) is 9.69. The zero-order valence-corrected chi connectivity index (χ0v) is 13.5. The normalized spacial score (nSPS) is 11.0. The largest absolute Gasteiger partial charge is 0.490 e. The van der Waals surface area contributed by atoms with Crippen molar-refractivity contribution in [2.45, 2.75) is 19.4 Å². The van der Waals surface area contributed by atoms with Crippen molar-refractivity contribution >= 4 is 22.6 Å². The molecule has 0 saturated heterocycles. The van der Waals surface area contributed by atoms with Gasteiger partial charge in [-0.25, -0.2) is 4.98 Å². The highest BCUT2D eigenvalue weighted by molar-refractivity contribution is 6.32. The molecule has 0 radical (unpaired) electrons. The van der Waals surface area contributed by atoms with Gasteiger partial charge in [-0.2, -0.15) is 0 Å². The van der Waals surface area contributed by atoms with E-state index >= 15 is 0 Å². The van der Waals surface area contributed by atoms with Crippen molar-refractivity contribution in [1.29, 1.82) is 0 Å². The predicted octanol–water partition coefficient (Wildman–Crippen LogP) is 3.69. The minimum Gasteiger partial charge on any atom is -0.490 e. The molecule has 0 aliphatic rings. The van der Waals surface area contributed by atoms with Crippen LogP contribution in [0, 0.1) is 0 Å². The molecule has 0 unspecified atom stereocenters. The van der Waals surface area contributed by atoms with E-state index in [-0.39, 0.29) is 6.61 Å². The van der Waals surface area contributed by atoms with Gasteiger partial charge in [-0.1, -0.05) is 35.9 Å². The topological polar surface area (TPSA) is 47.3 Å². The van der Waals surface area contributed by atoms with Gasteiger partial charge >= 0.3 is 0 Å². The van der Waals surface area contributed by atoms with Crippen LogP contribution < -0.4 is 4.74 Å². The van der Waals surface area contributed by atoms with Gasteiger partial charge < -0.3 is 14.4 Å². The second-order valence-electron chi connectivity index (χ2n) is 5.27. The average molecular weight is 331 g/mol. The Morgan fingerprint density at radius 3 is 2.70 bits per heavy atom. The minimum absolute atomic E-state index is 0.166. The van der Waals surface area contributed by atoms with Crippen LogP contribution in [0.25, 0.3) is 11.0 Å².